The van der Waals surface area contributed by atoms with Crippen molar-refractivity contribution in [3.63, 3.8) is 0 Å². The summed E-state index contributed by atoms with van der Waals surface area (Å²) < 4.78 is 0. The molecule has 2 heterocycles. The first-order chi connectivity index (χ1) is 12.7. The second-order valence-corrected chi connectivity index (χ2v) is 7.58. The molecule has 0 saturated carbocycles. The summed E-state index contributed by atoms with van der Waals surface area (Å²) in [5.41, 5.74) is 4.27. The SMILES string of the molecule is CC1=NN(c2ccccc2)C(=O)C1Sc1nc2c(cc1C#N)CCCC2. The summed E-state index contributed by atoms with van der Waals surface area (Å²) in [6.07, 6.45) is 4.19. The summed E-state index contributed by atoms with van der Waals surface area (Å²) in [6.45, 7) is 1.85. The van der Waals surface area contributed by atoms with Gasteiger partial charge in [0.05, 0.1) is 17.0 Å². The highest BCUT2D eigenvalue weighted by atomic mass is 32.2. The van der Waals surface area contributed by atoms with E-state index in [1.165, 1.54) is 22.3 Å². The Hall–Kier alpha value is -2.65. The van der Waals surface area contributed by atoms with Gasteiger partial charge in [-0.25, -0.2) is 4.98 Å². The highest BCUT2D eigenvalue weighted by Crippen LogP contribution is 2.34. The van der Waals surface area contributed by atoms with Gasteiger partial charge >= 0.3 is 0 Å². The smallest absolute Gasteiger partial charge is 0.266 e. The molecule has 26 heavy (non-hydrogen) atoms. The third-order valence-electron chi connectivity index (χ3n) is 4.69. The van der Waals surface area contributed by atoms with Crippen molar-refractivity contribution < 1.29 is 4.79 Å². The van der Waals surface area contributed by atoms with Crippen LogP contribution in [0, 0.1) is 11.3 Å². The van der Waals surface area contributed by atoms with Crippen molar-refractivity contribution in [3.8, 4) is 6.07 Å². The van der Waals surface area contributed by atoms with Gasteiger partial charge in [0.15, 0.2) is 0 Å². The van der Waals surface area contributed by atoms with Gasteiger partial charge in [-0.2, -0.15) is 15.4 Å². The number of aromatic nitrogens is 1. The van der Waals surface area contributed by atoms with Crippen LogP contribution in [0.3, 0.4) is 0 Å². The molecular formula is C20H18N4OS. The maximum absolute atomic E-state index is 12.9. The fourth-order valence-corrected chi connectivity index (χ4v) is 4.37. The molecule has 5 nitrogen and oxygen atoms in total. The monoisotopic (exact) mass is 362 g/mol. The van der Waals surface area contributed by atoms with Crippen molar-refractivity contribution in [3.05, 3.63) is 53.2 Å². The number of nitrogens with zero attached hydrogens (tertiary/aromatic N) is 4. The molecule has 130 valence electrons. The number of fused-ring (bicyclic) bond motifs is 1. The Labute approximate surface area is 156 Å². The van der Waals surface area contributed by atoms with Crippen LogP contribution >= 0.6 is 11.8 Å². The molecule has 0 spiro atoms. The van der Waals surface area contributed by atoms with E-state index in [-0.39, 0.29) is 5.91 Å². The fourth-order valence-electron chi connectivity index (χ4n) is 3.34. The quantitative estimate of drug-likeness (QED) is 0.834. The normalized spacial score (nSPS) is 19.1. The second-order valence-electron chi connectivity index (χ2n) is 6.49. The van der Waals surface area contributed by atoms with Gasteiger partial charge in [0.1, 0.15) is 16.3 Å². The number of aryl methyl sites for hydroxylation is 2. The van der Waals surface area contributed by atoms with E-state index in [0.717, 1.165) is 42.8 Å². The number of nitriles is 1. The van der Waals surface area contributed by atoms with Crippen LogP contribution in [0.15, 0.2) is 46.5 Å². The highest BCUT2D eigenvalue weighted by molar-refractivity contribution is 8.01. The van der Waals surface area contributed by atoms with E-state index >= 15 is 0 Å². The lowest BCUT2D eigenvalue weighted by Crippen LogP contribution is -2.29. The second kappa shape index (κ2) is 6.93. The van der Waals surface area contributed by atoms with Gasteiger partial charge in [-0.05, 0) is 56.4 Å². The summed E-state index contributed by atoms with van der Waals surface area (Å²) in [6, 6.07) is 13.6. The van der Waals surface area contributed by atoms with Crippen LogP contribution in [0.25, 0.3) is 0 Å². The zero-order valence-corrected chi connectivity index (χ0v) is 15.3. The van der Waals surface area contributed by atoms with Crippen LogP contribution in [0.4, 0.5) is 5.69 Å². The molecule has 1 atom stereocenters. The van der Waals surface area contributed by atoms with E-state index < -0.39 is 5.25 Å². The number of amides is 1. The van der Waals surface area contributed by atoms with Gasteiger partial charge in [-0.3, -0.25) is 4.79 Å². The van der Waals surface area contributed by atoms with Crippen molar-refractivity contribution >= 4 is 29.1 Å². The lowest BCUT2D eigenvalue weighted by Gasteiger charge is -2.18. The number of hydrogen-bond acceptors (Lipinski definition) is 5. The summed E-state index contributed by atoms with van der Waals surface area (Å²) in [4.78, 5) is 17.6. The van der Waals surface area contributed by atoms with Crippen LogP contribution in [0.1, 0.15) is 36.6 Å². The van der Waals surface area contributed by atoms with E-state index in [9.17, 15) is 10.1 Å². The van der Waals surface area contributed by atoms with E-state index in [4.69, 9.17) is 4.98 Å². The lowest BCUT2D eigenvalue weighted by atomic mass is 9.95. The number of rotatable bonds is 3. The number of thioether (sulfide) groups is 1. The number of hydrogen-bond donors (Lipinski definition) is 0. The predicted molar refractivity (Wildman–Crippen MR) is 102 cm³/mol. The Kier molecular flexibility index (Phi) is 4.48. The molecule has 4 rings (SSSR count). The van der Waals surface area contributed by atoms with Crippen molar-refractivity contribution in [2.45, 2.75) is 42.9 Å². The van der Waals surface area contributed by atoms with E-state index in [1.54, 1.807) is 0 Å². The number of hydrazone groups is 1. The average Bonchev–Trinajstić information content (AvgIpc) is 2.96. The first-order valence-electron chi connectivity index (χ1n) is 8.71. The topological polar surface area (TPSA) is 69.3 Å². The summed E-state index contributed by atoms with van der Waals surface area (Å²) in [5, 5.41) is 15.6. The van der Waals surface area contributed by atoms with Gasteiger partial charge in [0.25, 0.3) is 5.91 Å². The van der Waals surface area contributed by atoms with Crippen molar-refractivity contribution in [1.82, 2.24) is 4.98 Å². The first kappa shape index (κ1) is 16.8. The zero-order chi connectivity index (χ0) is 18.1. The van der Waals surface area contributed by atoms with Crippen LogP contribution in [-0.2, 0) is 17.6 Å². The molecular weight excluding hydrogens is 344 g/mol. The zero-order valence-electron chi connectivity index (χ0n) is 14.5. The molecule has 1 aromatic carbocycles. The number of para-hydroxylation sites is 1. The highest BCUT2D eigenvalue weighted by Gasteiger charge is 2.36. The Morgan fingerprint density at radius 3 is 2.77 bits per heavy atom. The Morgan fingerprint density at radius 1 is 1.23 bits per heavy atom. The molecule has 1 unspecified atom stereocenters. The third-order valence-corrected chi connectivity index (χ3v) is 6.00. The molecule has 2 aliphatic rings. The number of pyridine rings is 1. The van der Waals surface area contributed by atoms with Crippen LogP contribution in [0.5, 0.6) is 0 Å². The first-order valence-corrected chi connectivity index (χ1v) is 9.59. The Bertz CT molecular complexity index is 933. The Balaban J connectivity index is 1.63. The van der Waals surface area contributed by atoms with Crippen molar-refractivity contribution in [2.24, 2.45) is 5.10 Å². The number of carbonyl (C=O) groups is 1. The van der Waals surface area contributed by atoms with Gasteiger partial charge < -0.3 is 0 Å². The van der Waals surface area contributed by atoms with Crippen LogP contribution in [0.2, 0.25) is 0 Å². The predicted octanol–water partition coefficient (Wildman–Crippen LogP) is 3.72. The summed E-state index contributed by atoms with van der Waals surface area (Å²) in [7, 11) is 0. The number of benzene rings is 1. The molecule has 0 radical (unpaired) electrons. The number of anilines is 1. The van der Waals surface area contributed by atoms with Gasteiger partial charge in [0.2, 0.25) is 0 Å². The molecule has 1 aliphatic heterocycles. The van der Waals surface area contributed by atoms with E-state index in [0.29, 0.717) is 10.6 Å². The molecule has 0 fully saturated rings. The van der Waals surface area contributed by atoms with Gasteiger partial charge in [-0.1, -0.05) is 30.0 Å². The summed E-state index contributed by atoms with van der Waals surface area (Å²) >= 11 is 1.33. The van der Waals surface area contributed by atoms with Crippen LogP contribution in [-0.4, -0.2) is 21.9 Å². The van der Waals surface area contributed by atoms with E-state index in [1.807, 2.05) is 43.3 Å². The lowest BCUT2D eigenvalue weighted by molar-refractivity contribution is -0.116. The standard InChI is InChI=1S/C20H18N4OS/c1-13-18(20(25)24(23-13)16-8-3-2-4-9-16)26-19-15(12-21)11-14-7-5-6-10-17(14)22-19/h2-4,8-9,11,18H,5-7,10H2,1H3. The average molecular weight is 362 g/mol. The molecule has 0 saturated heterocycles. The maximum Gasteiger partial charge on any atom is 0.266 e. The van der Waals surface area contributed by atoms with Crippen molar-refractivity contribution in [1.29, 1.82) is 5.26 Å². The summed E-state index contributed by atoms with van der Waals surface area (Å²) in [5.74, 6) is -0.0953. The molecule has 1 amide bonds. The minimum absolute atomic E-state index is 0.0953. The van der Waals surface area contributed by atoms with Gasteiger partial charge in [0, 0.05) is 5.69 Å². The molecule has 6 heteroatoms. The number of carbonyl (C=O) groups excluding carboxylic acids is 1. The molecule has 1 aliphatic carbocycles. The molecule has 0 bridgehead atoms. The molecule has 1 aromatic heterocycles. The minimum atomic E-state index is -0.448. The maximum atomic E-state index is 12.9. The fraction of sp³-hybridized carbons (Fsp3) is 0.300. The Morgan fingerprint density at radius 2 is 2.00 bits per heavy atom. The van der Waals surface area contributed by atoms with E-state index in [2.05, 4.69) is 11.2 Å². The molecule has 0 N–H and O–H groups in total. The van der Waals surface area contributed by atoms with Crippen LogP contribution < -0.4 is 5.01 Å². The molecule has 2 aromatic rings. The third kappa shape index (κ3) is 2.99. The minimum Gasteiger partial charge on any atom is -0.271 e. The largest absolute Gasteiger partial charge is 0.271 e. The van der Waals surface area contributed by atoms with Gasteiger partial charge in [-0.15, -0.1) is 0 Å². The van der Waals surface area contributed by atoms with Crippen molar-refractivity contribution in [2.75, 3.05) is 5.01 Å².